The Labute approximate surface area is 101 Å². The molecule has 90 valence electrons. The number of aliphatic hydroxyl groups excluding tert-OH is 1. The summed E-state index contributed by atoms with van der Waals surface area (Å²) in [5.74, 6) is 0.693. The molecule has 0 aliphatic heterocycles. The molecule has 0 aliphatic rings. The average Bonchev–Trinajstić information content (AvgIpc) is 2.27. The molecule has 0 heterocycles. The van der Waals surface area contributed by atoms with E-state index >= 15 is 0 Å². The first-order chi connectivity index (χ1) is 7.63. The second-order valence-electron chi connectivity index (χ2n) is 3.70. The van der Waals surface area contributed by atoms with Crippen molar-refractivity contribution in [1.29, 1.82) is 0 Å². The van der Waals surface area contributed by atoms with Gasteiger partial charge >= 0.3 is 0 Å². The summed E-state index contributed by atoms with van der Waals surface area (Å²) in [5.41, 5.74) is 1.91. The van der Waals surface area contributed by atoms with Gasteiger partial charge in [-0.1, -0.05) is 18.5 Å². The van der Waals surface area contributed by atoms with Gasteiger partial charge in [-0.2, -0.15) is 0 Å². The molecule has 0 amide bonds. The first-order valence-electron chi connectivity index (χ1n) is 5.10. The van der Waals surface area contributed by atoms with Crippen LogP contribution in [0.4, 0.5) is 0 Å². The normalized spacial score (nSPS) is 12.6. The lowest BCUT2D eigenvalue weighted by atomic mass is 9.95. The van der Waals surface area contributed by atoms with Crippen LogP contribution < -0.4 is 4.74 Å². The van der Waals surface area contributed by atoms with E-state index < -0.39 is 0 Å². The van der Waals surface area contributed by atoms with Crippen LogP contribution in [0.5, 0.6) is 5.75 Å². The van der Waals surface area contributed by atoms with E-state index in [4.69, 9.17) is 21.1 Å². The van der Waals surface area contributed by atoms with E-state index in [2.05, 4.69) is 0 Å². The minimum atomic E-state index is -0.00244. The number of halogens is 1. The van der Waals surface area contributed by atoms with Crippen LogP contribution in [0.3, 0.4) is 0 Å². The summed E-state index contributed by atoms with van der Waals surface area (Å²) in [7, 11) is 3.22. The highest BCUT2D eigenvalue weighted by molar-refractivity contribution is 6.30. The second kappa shape index (κ2) is 6.09. The van der Waals surface area contributed by atoms with Crippen molar-refractivity contribution in [2.75, 3.05) is 20.8 Å². The number of hydrogen-bond acceptors (Lipinski definition) is 3. The fraction of sp³-hybridized carbons (Fsp3) is 0.500. The molecule has 0 bridgehead atoms. The zero-order chi connectivity index (χ0) is 12.1. The van der Waals surface area contributed by atoms with Crippen molar-refractivity contribution in [1.82, 2.24) is 0 Å². The molecular weight excluding hydrogens is 228 g/mol. The van der Waals surface area contributed by atoms with E-state index in [0.717, 1.165) is 11.1 Å². The summed E-state index contributed by atoms with van der Waals surface area (Å²) < 4.78 is 10.4. The highest BCUT2D eigenvalue weighted by atomic mass is 35.5. The van der Waals surface area contributed by atoms with Crippen molar-refractivity contribution in [2.45, 2.75) is 19.4 Å². The minimum Gasteiger partial charge on any atom is -0.496 e. The predicted octanol–water partition coefficient (Wildman–Crippen LogP) is 2.59. The molecule has 0 spiro atoms. The van der Waals surface area contributed by atoms with Gasteiger partial charge in [0.15, 0.2) is 0 Å². The lowest BCUT2D eigenvalue weighted by molar-refractivity contribution is 0.182. The van der Waals surface area contributed by atoms with Crippen molar-refractivity contribution < 1.29 is 14.6 Å². The van der Waals surface area contributed by atoms with Gasteiger partial charge in [0.25, 0.3) is 0 Å². The van der Waals surface area contributed by atoms with Crippen LogP contribution in [0.25, 0.3) is 0 Å². The number of ether oxygens (including phenoxy) is 2. The van der Waals surface area contributed by atoms with Gasteiger partial charge in [-0.25, -0.2) is 0 Å². The lowest BCUT2D eigenvalue weighted by Crippen LogP contribution is -2.07. The monoisotopic (exact) mass is 244 g/mol. The van der Waals surface area contributed by atoms with Crippen LogP contribution in [0, 0.1) is 0 Å². The SMILES string of the molecule is COCc1cc(Cl)cc(OC)c1C(C)CO. The standard InChI is InChI=1S/C12H17ClO3/c1-8(6-14)12-9(7-15-2)4-10(13)5-11(12)16-3/h4-5,8,14H,6-7H2,1-3H3. The van der Waals surface area contributed by atoms with Crippen LogP contribution >= 0.6 is 11.6 Å². The molecule has 1 rings (SSSR count). The fourth-order valence-corrected chi connectivity index (χ4v) is 1.97. The van der Waals surface area contributed by atoms with E-state index in [1.165, 1.54) is 0 Å². The van der Waals surface area contributed by atoms with Gasteiger partial charge in [0.05, 0.1) is 13.7 Å². The molecule has 0 saturated heterocycles. The summed E-state index contributed by atoms with van der Waals surface area (Å²) in [4.78, 5) is 0. The van der Waals surface area contributed by atoms with Gasteiger partial charge in [0, 0.05) is 30.2 Å². The van der Waals surface area contributed by atoms with Crippen LogP contribution in [0.1, 0.15) is 24.0 Å². The van der Waals surface area contributed by atoms with Gasteiger partial charge in [-0.15, -0.1) is 0 Å². The second-order valence-corrected chi connectivity index (χ2v) is 4.13. The Morgan fingerprint density at radius 1 is 1.38 bits per heavy atom. The molecule has 1 atom stereocenters. The molecular formula is C12H17ClO3. The van der Waals surface area contributed by atoms with Crippen molar-refractivity contribution in [3.8, 4) is 5.75 Å². The summed E-state index contributed by atoms with van der Waals surface area (Å²) in [6.45, 7) is 2.45. The van der Waals surface area contributed by atoms with Crippen molar-refractivity contribution in [3.05, 3.63) is 28.3 Å². The molecule has 4 heteroatoms. The average molecular weight is 245 g/mol. The van der Waals surface area contributed by atoms with Crippen molar-refractivity contribution in [3.63, 3.8) is 0 Å². The van der Waals surface area contributed by atoms with Crippen LogP contribution in [-0.2, 0) is 11.3 Å². The molecule has 1 aromatic carbocycles. The zero-order valence-corrected chi connectivity index (χ0v) is 10.5. The van der Waals surface area contributed by atoms with Crippen molar-refractivity contribution in [2.24, 2.45) is 0 Å². The number of rotatable bonds is 5. The molecule has 1 unspecified atom stereocenters. The molecule has 0 aliphatic carbocycles. The Bertz CT molecular complexity index is 352. The lowest BCUT2D eigenvalue weighted by Gasteiger charge is -2.18. The minimum absolute atomic E-state index is 0.00244. The quantitative estimate of drug-likeness (QED) is 0.865. The van der Waals surface area contributed by atoms with Gasteiger partial charge in [0.1, 0.15) is 5.75 Å². The Morgan fingerprint density at radius 2 is 2.06 bits per heavy atom. The van der Waals surface area contributed by atoms with E-state index in [1.54, 1.807) is 20.3 Å². The number of hydrogen-bond donors (Lipinski definition) is 1. The molecule has 3 nitrogen and oxygen atoms in total. The van der Waals surface area contributed by atoms with Crippen LogP contribution in [-0.4, -0.2) is 25.9 Å². The van der Waals surface area contributed by atoms with Gasteiger partial charge < -0.3 is 14.6 Å². The smallest absolute Gasteiger partial charge is 0.124 e. The fourth-order valence-electron chi connectivity index (χ4n) is 1.74. The Kier molecular flexibility index (Phi) is 5.06. The third-order valence-electron chi connectivity index (χ3n) is 2.48. The van der Waals surface area contributed by atoms with E-state index in [9.17, 15) is 5.11 Å². The largest absolute Gasteiger partial charge is 0.496 e. The van der Waals surface area contributed by atoms with Crippen LogP contribution in [0.2, 0.25) is 5.02 Å². The van der Waals surface area contributed by atoms with E-state index in [-0.39, 0.29) is 12.5 Å². The van der Waals surface area contributed by atoms with E-state index in [0.29, 0.717) is 17.4 Å². The Morgan fingerprint density at radius 3 is 2.56 bits per heavy atom. The van der Waals surface area contributed by atoms with E-state index in [1.807, 2.05) is 13.0 Å². The maximum Gasteiger partial charge on any atom is 0.124 e. The zero-order valence-electron chi connectivity index (χ0n) is 9.79. The third kappa shape index (κ3) is 2.88. The van der Waals surface area contributed by atoms with Gasteiger partial charge in [0.2, 0.25) is 0 Å². The Balaban J connectivity index is 3.26. The maximum atomic E-state index is 9.24. The maximum absolute atomic E-state index is 9.24. The van der Waals surface area contributed by atoms with Gasteiger partial charge in [-0.3, -0.25) is 0 Å². The summed E-state index contributed by atoms with van der Waals surface area (Å²) in [6, 6.07) is 3.59. The molecule has 0 fully saturated rings. The number of benzene rings is 1. The molecule has 1 N–H and O–H groups in total. The predicted molar refractivity (Wildman–Crippen MR) is 64.2 cm³/mol. The topological polar surface area (TPSA) is 38.7 Å². The molecule has 0 saturated carbocycles. The summed E-state index contributed by atoms with van der Waals surface area (Å²) in [6.07, 6.45) is 0. The number of methoxy groups -OCH3 is 2. The summed E-state index contributed by atoms with van der Waals surface area (Å²) in [5, 5.41) is 9.85. The number of aliphatic hydroxyl groups is 1. The molecule has 0 aromatic heterocycles. The molecule has 1 aromatic rings. The first kappa shape index (κ1) is 13.3. The third-order valence-corrected chi connectivity index (χ3v) is 2.70. The highest BCUT2D eigenvalue weighted by Gasteiger charge is 2.16. The molecule has 16 heavy (non-hydrogen) atoms. The Hall–Kier alpha value is -0.770. The highest BCUT2D eigenvalue weighted by Crippen LogP contribution is 2.33. The van der Waals surface area contributed by atoms with Gasteiger partial charge in [-0.05, 0) is 17.7 Å². The first-order valence-corrected chi connectivity index (χ1v) is 5.47. The summed E-state index contributed by atoms with van der Waals surface area (Å²) >= 11 is 5.99. The molecule has 0 radical (unpaired) electrons. The van der Waals surface area contributed by atoms with Crippen molar-refractivity contribution >= 4 is 11.6 Å². The van der Waals surface area contributed by atoms with Crippen LogP contribution in [0.15, 0.2) is 12.1 Å².